The van der Waals surface area contributed by atoms with Gasteiger partial charge in [0.1, 0.15) is 5.82 Å². The number of hydrogen-bond donors (Lipinski definition) is 1. The van der Waals surface area contributed by atoms with Crippen molar-refractivity contribution in [3.63, 3.8) is 0 Å². The zero-order valence-corrected chi connectivity index (χ0v) is 8.24. The molecule has 4 heteroatoms. The summed E-state index contributed by atoms with van der Waals surface area (Å²) in [5.41, 5.74) is 0.679. The van der Waals surface area contributed by atoms with Crippen LogP contribution in [0.5, 0.6) is 0 Å². The van der Waals surface area contributed by atoms with Crippen LogP contribution in [0.4, 0.5) is 10.1 Å². The van der Waals surface area contributed by atoms with Gasteiger partial charge in [-0.1, -0.05) is 0 Å². The van der Waals surface area contributed by atoms with Crippen molar-refractivity contribution in [2.75, 3.05) is 18.0 Å². The van der Waals surface area contributed by atoms with Crippen molar-refractivity contribution in [2.24, 2.45) is 0 Å². The number of nitrogens with zero attached hydrogens (tertiary/aromatic N) is 1. The van der Waals surface area contributed by atoms with Gasteiger partial charge in [-0.05, 0) is 31.0 Å². The molecule has 1 aromatic rings. The van der Waals surface area contributed by atoms with Gasteiger partial charge in [0.05, 0.1) is 11.3 Å². The maximum Gasteiger partial charge on any atom is 0.337 e. The van der Waals surface area contributed by atoms with Crippen molar-refractivity contribution in [1.82, 2.24) is 0 Å². The second-order valence-electron chi connectivity index (χ2n) is 3.66. The van der Waals surface area contributed by atoms with Gasteiger partial charge in [0.25, 0.3) is 0 Å². The van der Waals surface area contributed by atoms with E-state index in [1.807, 2.05) is 4.90 Å². The molecular formula is C11H12FNO2. The molecule has 0 atom stereocenters. The Balaban J connectivity index is 2.40. The van der Waals surface area contributed by atoms with E-state index in [4.69, 9.17) is 5.11 Å². The van der Waals surface area contributed by atoms with Gasteiger partial charge in [-0.25, -0.2) is 9.18 Å². The summed E-state index contributed by atoms with van der Waals surface area (Å²) in [4.78, 5) is 12.9. The van der Waals surface area contributed by atoms with E-state index in [2.05, 4.69) is 0 Å². The van der Waals surface area contributed by atoms with Gasteiger partial charge in [-0.3, -0.25) is 0 Å². The summed E-state index contributed by atoms with van der Waals surface area (Å²) >= 11 is 0. The van der Waals surface area contributed by atoms with E-state index in [1.54, 1.807) is 6.07 Å². The van der Waals surface area contributed by atoms with Gasteiger partial charge in [-0.15, -0.1) is 0 Å². The van der Waals surface area contributed by atoms with Crippen molar-refractivity contribution in [2.45, 2.75) is 12.8 Å². The molecule has 1 aromatic carbocycles. The molecule has 1 aliphatic heterocycles. The first-order valence-corrected chi connectivity index (χ1v) is 4.96. The molecule has 15 heavy (non-hydrogen) atoms. The molecule has 0 aliphatic carbocycles. The molecule has 2 rings (SSSR count). The Morgan fingerprint density at radius 2 is 2.00 bits per heavy atom. The Morgan fingerprint density at radius 1 is 1.33 bits per heavy atom. The Kier molecular flexibility index (Phi) is 2.58. The molecule has 3 nitrogen and oxygen atoms in total. The fourth-order valence-electron chi connectivity index (χ4n) is 1.91. The van der Waals surface area contributed by atoms with Crippen molar-refractivity contribution in [3.8, 4) is 0 Å². The van der Waals surface area contributed by atoms with E-state index < -0.39 is 11.8 Å². The summed E-state index contributed by atoms with van der Waals surface area (Å²) in [6.45, 7) is 1.71. The van der Waals surface area contributed by atoms with Gasteiger partial charge in [0, 0.05) is 13.1 Å². The van der Waals surface area contributed by atoms with E-state index in [-0.39, 0.29) is 5.56 Å². The molecule has 0 spiro atoms. The Morgan fingerprint density at radius 3 is 2.60 bits per heavy atom. The normalized spacial score (nSPS) is 15.7. The molecule has 1 aliphatic rings. The highest BCUT2D eigenvalue weighted by atomic mass is 19.1. The van der Waals surface area contributed by atoms with Crippen molar-refractivity contribution in [1.29, 1.82) is 0 Å². The van der Waals surface area contributed by atoms with Crippen LogP contribution in [0.25, 0.3) is 0 Å². The molecule has 0 radical (unpaired) electrons. The zero-order valence-electron chi connectivity index (χ0n) is 8.24. The number of benzene rings is 1. The molecule has 80 valence electrons. The minimum Gasteiger partial charge on any atom is -0.478 e. The Bertz CT molecular complexity index is 386. The first-order valence-electron chi connectivity index (χ1n) is 4.96. The van der Waals surface area contributed by atoms with Crippen LogP contribution in [0, 0.1) is 5.82 Å². The molecule has 1 heterocycles. The number of aromatic carboxylic acids is 1. The number of carboxylic acids is 1. The molecule has 0 amide bonds. The standard InChI is InChI=1S/C11H12FNO2/c12-8-3-4-10(9(7-8)11(14)15)13-5-1-2-6-13/h3-4,7H,1-2,5-6H2,(H,14,15). The maximum atomic E-state index is 12.9. The van der Waals surface area contributed by atoms with Crippen molar-refractivity contribution < 1.29 is 14.3 Å². The van der Waals surface area contributed by atoms with Crippen LogP contribution in [0.15, 0.2) is 18.2 Å². The SMILES string of the molecule is O=C(O)c1cc(F)ccc1N1CCCC1. The minimum absolute atomic E-state index is 0.0527. The van der Waals surface area contributed by atoms with Crippen molar-refractivity contribution >= 4 is 11.7 Å². The smallest absolute Gasteiger partial charge is 0.337 e. The number of carbonyl (C=O) groups is 1. The average molecular weight is 209 g/mol. The quantitative estimate of drug-likeness (QED) is 0.811. The Labute approximate surface area is 87.1 Å². The van der Waals surface area contributed by atoms with E-state index in [9.17, 15) is 9.18 Å². The van der Waals surface area contributed by atoms with Crippen LogP contribution in [0.2, 0.25) is 0 Å². The largest absolute Gasteiger partial charge is 0.478 e. The van der Waals surface area contributed by atoms with Crippen LogP contribution in [-0.2, 0) is 0 Å². The zero-order chi connectivity index (χ0) is 10.8. The number of halogens is 1. The second-order valence-corrected chi connectivity index (χ2v) is 3.66. The molecule has 0 aromatic heterocycles. The van der Waals surface area contributed by atoms with Gasteiger partial charge >= 0.3 is 5.97 Å². The van der Waals surface area contributed by atoms with Crippen LogP contribution >= 0.6 is 0 Å². The highest BCUT2D eigenvalue weighted by molar-refractivity contribution is 5.94. The lowest BCUT2D eigenvalue weighted by molar-refractivity contribution is 0.0697. The monoisotopic (exact) mass is 209 g/mol. The molecule has 0 unspecified atom stereocenters. The fraction of sp³-hybridized carbons (Fsp3) is 0.364. The third-order valence-corrected chi connectivity index (χ3v) is 2.64. The summed E-state index contributed by atoms with van der Waals surface area (Å²) in [5, 5.41) is 8.96. The summed E-state index contributed by atoms with van der Waals surface area (Å²) < 4.78 is 12.9. The molecule has 1 fully saturated rings. The number of anilines is 1. The number of rotatable bonds is 2. The first-order chi connectivity index (χ1) is 7.18. The van der Waals surface area contributed by atoms with Crippen LogP contribution in [0.1, 0.15) is 23.2 Å². The fourth-order valence-corrected chi connectivity index (χ4v) is 1.91. The van der Waals surface area contributed by atoms with E-state index >= 15 is 0 Å². The van der Waals surface area contributed by atoms with E-state index in [0.717, 1.165) is 32.0 Å². The summed E-state index contributed by atoms with van der Waals surface area (Å²) in [7, 11) is 0. The highest BCUT2D eigenvalue weighted by Gasteiger charge is 2.19. The van der Waals surface area contributed by atoms with Crippen LogP contribution in [-0.4, -0.2) is 24.2 Å². The predicted molar refractivity (Wildman–Crippen MR) is 54.8 cm³/mol. The lowest BCUT2D eigenvalue weighted by atomic mass is 10.1. The Hall–Kier alpha value is -1.58. The maximum absolute atomic E-state index is 12.9. The van der Waals surface area contributed by atoms with Gasteiger partial charge in [0.15, 0.2) is 0 Å². The van der Waals surface area contributed by atoms with Gasteiger partial charge in [-0.2, -0.15) is 0 Å². The van der Waals surface area contributed by atoms with Crippen LogP contribution < -0.4 is 4.90 Å². The summed E-state index contributed by atoms with van der Waals surface area (Å²) in [6, 6.07) is 3.93. The predicted octanol–water partition coefficient (Wildman–Crippen LogP) is 2.12. The van der Waals surface area contributed by atoms with E-state index in [0.29, 0.717) is 5.69 Å². The molecule has 0 saturated carbocycles. The molecule has 1 saturated heterocycles. The molecular weight excluding hydrogens is 197 g/mol. The van der Waals surface area contributed by atoms with Gasteiger partial charge < -0.3 is 10.0 Å². The number of hydrogen-bond acceptors (Lipinski definition) is 2. The second kappa shape index (κ2) is 3.88. The summed E-state index contributed by atoms with van der Waals surface area (Å²) in [6.07, 6.45) is 2.13. The minimum atomic E-state index is -1.07. The highest BCUT2D eigenvalue weighted by Crippen LogP contribution is 2.25. The van der Waals surface area contributed by atoms with Crippen LogP contribution in [0.3, 0.4) is 0 Å². The third-order valence-electron chi connectivity index (χ3n) is 2.64. The third kappa shape index (κ3) is 1.93. The lowest BCUT2D eigenvalue weighted by Crippen LogP contribution is -2.20. The molecule has 0 bridgehead atoms. The van der Waals surface area contributed by atoms with Crippen molar-refractivity contribution in [3.05, 3.63) is 29.6 Å². The van der Waals surface area contributed by atoms with Gasteiger partial charge in [0.2, 0.25) is 0 Å². The summed E-state index contributed by atoms with van der Waals surface area (Å²) in [5.74, 6) is -1.58. The first kappa shape index (κ1) is 9.96. The average Bonchev–Trinajstić information content (AvgIpc) is 2.70. The topological polar surface area (TPSA) is 40.5 Å². The lowest BCUT2D eigenvalue weighted by Gasteiger charge is -2.19. The molecule has 1 N–H and O–H groups in total. The van der Waals surface area contributed by atoms with E-state index in [1.165, 1.54) is 6.07 Å². The number of carboxylic acid groups (broad SMARTS) is 1.